The number of hydrogen-bond acceptors (Lipinski definition) is 5. The second-order valence-corrected chi connectivity index (χ2v) is 9.52. The van der Waals surface area contributed by atoms with Crippen LogP contribution >= 0.6 is 0 Å². The van der Waals surface area contributed by atoms with Crippen LogP contribution in [0.4, 0.5) is 13.6 Å². The molecule has 0 saturated carbocycles. The lowest BCUT2D eigenvalue weighted by molar-refractivity contribution is -0.0180. The van der Waals surface area contributed by atoms with E-state index in [2.05, 4.69) is 5.10 Å². The fourth-order valence-electron chi connectivity index (χ4n) is 2.92. The fourth-order valence-corrected chi connectivity index (χ4v) is 4.59. The molecule has 0 aromatic carbocycles. The summed E-state index contributed by atoms with van der Waals surface area (Å²) in [5, 5.41) is -0.602. The number of sulfone groups is 1. The summed E-state index contributed by atoms with van der Waals surface area (Å²) in [6.45, 7) is 6.73. The Kier molecular flexibility index (Phi) is 5.38. The zero-order chi connectivity index (χ0) is 19.9. The summed E-state index contributed by atoms with van der Waals surface area (Å²) in [5.41, 5.74) is -0.333. The number of aryl methyl sites for hydroxylation is 2. The molecule has 1 amide bonds. The van der Waals surface area contributed by atoms with Crippen molar-refractivity contribution in [3.8, 4) is 0 Å². The van der Waals surface area contributed by atoms with E-state index < -0.39 is 37.7 Å². The molecule has 0 radical (unpaired) electrons. The smallest absolute Gasteiger partial charge is 0.410 e. The predicted molar refractivity (Wildman–Crippen MR) is 90.6 cm³/mol. The summed E-state index contributed by atoms with van der Waals surface area (Å²) in [6, 6.07) is 1.14. The number of hydrogen-bond donors (Lipinski definition) is 0. The highest BCUT2D eigenvalue weighted by atomic mass is 32.2. The van der Waals surface area contributed by atoms with Gasteiger partial charge in [0.2, 0.25) is 0 Å². The summed E-state index contributed by atoms with van der Waals surface area (Å²) < 4.78 is 60.7. The topological polar surface area (TPSA) is 81.5 Å². The van der Waals surface area contributed by atoms with Crippen molar-refractivity contribution in [2.45, 2.75) is 56.4 Å². The molecule has 2 rings (SSSR count). The van der Waals surface area contributed by atoms with Crippen LogP contribution in [0.5, 0.6) is 0 Å². The molecule has 148 valence electrons. The van der Waals surface area contributed by atoms with Crippen LogP contribution in [0.2, 0.25) is 0 Å². The summed E-state index contributed by atoms with van der Waals surface area (Å²) in [6.07, 6.45) is -0.825. The van der Waals surface area contributed by atoms with Gasteiger partial charge in [-0.2, -0.15) is 13.9 Å². The minimum Gasteiger partial charge on any atom is -0.444 e. The molecule has 10 heteroatoms. The van der Waals surface area contributed by atoms with E-state index in [1.165, 1.54) is 18.9 Å². The first kappa shape index (κ1) is 20.6. The largest absolute Gasteiger partial charge is 0.444 e. The van der Waals surface area contributed by atoms with Crippen molar-refractivity contribution in [2.24, 2.45) is 13.0 Å². The Bertz CT molecular complexity index is 776. The fraction of sp³-hybridized carbons (Fsp3) is 0.750. The Labute approximate surface area is 152 Å². The SMILES string of the molecule is Cc1cc(S(=O)(=O)C(F)(F)C2CCN(C(=O)OC(C)(C)C)CC2)n(C)n1. The van der Waals surface area contributed by atoms with E-state index in [1.54, 1.807) is 20.8 Å². The first-order valence-corrected chi connectivity index (χ1v) is 9.85. The molecule has 0 unspecified atom stereocenters. The third-order valence-electron chi connectivity index (χ3n) is 4.21. The quantitative estimate of drug-likeness (QED) is 0.789. The van der Waals surface area contributed by atoms with Crippen LogP contribution in [-0.4, -0.2) is 53.1 Å². The predicted octanol–water partition coefficient (Wildman–Crippen LogP) is 2.74. The molecule has 0 atom stereocenters. The second kappa shape index (κ2) is 6.79. The van der Waals surface area contributed by atoms with Crippen molar-refractivity contribution in [3.05, 3.63) is 11.8 Å². The van der Waals surface area contributed by atoms with Gasteiger partial charge in [0.25, 0.3) is 9.84 Å². The number of piperidine rings is 1. The Morgan fingerprint density at radius 3 is 2.23 bits per heavy atom. The molecule has 1 aliphatic rings. The van der Waals surface area contributed by atoms with Gasteiger partial charge in [0.1, 0.15) is 5.60 Å². The van der Waals surface area contributed by atoms with Gasteiger partial charge in [0.15, 0.2) is 5.03 Å². The third-order valence-corrected chi connectivity index (χ3v) is 6.20. The number of aromatic nitrogens is 2. The molecule has 1 aliphatic heterocycles. The first-order valence-electron chi connectivity index (χ1n) is 8.36. The molecule has 0 bridgehead atoms. The Hall–Kier alpha value is -1.71. The van der Waals surface area contributed by atoms with Gasteiger partial charge in [-0.15, -0.1) is 0 Å². The summed E-state index contributed by atoms with van der Waals surface area (Å²) in [7, 11) is -3.56. The summed E-state index contributed by atoms with van der Waals surface area (Å²) in [5.74, 6) is -1.37. The lowest BCUT2D eigenvalue weighted by Crippen LogP contribution is -2.47. The van der Waals surface area contributed by atoms with Crippen LogP contribution in [0.3, 0.4) is 0 Å². The minimum absolute atomic E-state index is 0.0229. The number of carbonyl (C=O) groups excluding carboxylic acids is 1. The van der Waals surface area contributed by atoms with E-state index in [9.17, 15) is 22.0 Å². The van der Waals surface area contributed by atoms with E-state index in [0.29, 0.717) is 5.69 Å². The highest BCUT2D eigenvalue weighted by Crippen LogP contribution is 2.41. The number of carbonyl (C=O) groups is 1. The maximum Gasteiger partial charge on any atom is 0.410 e. The number of ether oxygens (including phenoxy) is 1. The molecule has 1 aromatic heterocycles. The van der Waals surface area contributed by atoms with Gasteiger partial charge in [0.05, 0.1) is 5.69 Å². The number of nitrogens with zero attached hydrogens (tertiary/aromatic N) is 3. The maximum atomic E-state index is 14.8. The van der Waals surface area contributed by atoms with E-state index in [0.717, 1.165) is 10.7 Å². The van der Waals surface area contributed by atoms with Crippen LogP contribution in [0, 0.1) is 12.8 Å². The van der Waals surface area contributed by atoms with Gasteiger partial charge in [-0.25, -0.2) is 13.2 Å². The number of halogens is 2. The average molecular weight is 393 g/mol. The third kappa shape index (κ3) is 3.99. The van der Waals surface area contributed by atoms with Crippen molar-refractivity contribution in [1.29, 1.82) is 0 Å². The molecule has 1 saturated heterocycles. The molecule has 0 aliphatic carbocycles. The van der Waals surface area contributed by atoms with Gasteiger partial charge in [0, 0.05) is 26.1 Å². The molecular weight excluding hydrogens is 368 g/mol. The molecule has 26 heavy (non-hydrogen) atoms. The summed E-state index contributed by atoms with van der Waals surface area (Å²) in [4.78, 5) is 13.4. The molecule has 2 heterocycles. The number of rotatable bonds is 3. The highest BCUT2D eigenvalue weighted by molar-refractivity contribution is 7.92. The standard InChI is InChI=1S/C16H25F2N3O4S/c1-11-10-13(20(5)19-11)26(23,24)16(17,18)12-6-8-21(9-7-12)14(22)25-15(2,3)4/h10,12H,6-9H2,1-5H3. The molecule has 0 spiro atoms. The Morgan fingerprint density at radius 1 is 1.27 bits per heavy atom. The number of likely N-dealkylation sites (tertiary alicyclic amines) is 1. The monoisotopic (exact) mass is 393 g/mol. The Balaban J connectivity index is 2.12. The average Bonchev–Trinajstić information content (AvgIpc) is 2.84. The van der Waals surface area contributed by atoms with Crippen LogP contribution in [-0.2, 0) is 21.6 Å². The summed E-state index contributed by atoms with van der Waals surface area (Å²) >= 11 is 0. The Morgan fingerprint density at radius 2 is 1.81 bits per heavy atom. The van der Waals surface area contributed by atoms with Gasteiger partial charge < -0.3 is 9.64 Å². The maximum absolute atomic E-state index is 14.8. The van der Waals surface area contributed by atoms with Crippen LogP contribution in [0.15, 0.2) is 11.1 Å². The van der Waals surface area contributed by atoms with E-state index in [4.69, 9.17) is 4.74 Å². The highest BCUT2D eigenvalue weighted by Gasteiger charge is 2.54. The van der Waals surface area contributed by atoms with Crippen LogP contribution < -0.4 is 0 Å². The van der Waals surface area contributed by atoms with Crippen LogP contribution in [0.1, 0.15) is 39.3 Å². The lowest BCUT2D eigenvalue weighted by atomic mass is 9.97. The van der Waals surface area contributed by atoms with Crippen molar-refractivity contribution in [1.82, 2.24) is 14.7 Å². The van der Waals surface area contributed by atoms with Crippen molar-refractivity contribution >= 4 is 15.9 Å². The zero-order valence-corrected chi connectivity index (χ0v) is 16.4. The lowest BCUT2D eigenvalue weighted by Gasteiger charge is -2.36. The number of alkyl halides is 2. The van der Waals surface area contributed by atoms with E-state index in [-0.39, 0.29) is 25.9 Å². The molecular formula is C16H25F2N3O4S. The number of amides is 1. The van der Waals surface area contributed by atoms with E-state index >= 15 is 0 Å². The normalized spacial score (nSPS) is 17.4. The molecule has 1 aromatic rings. The van der Waals surface area contributed by atoms with Gasteiger partial charge in [-0.3, -0.25) is 4.68 Å². The van der Waals surface area contributed by atoms with Gasteiger partial charge in [-0.05, 0) is 46.6 Å². The first-order chi connectivity index (χ1) is 11.8. The molecule has 0 N–H and O–H groups in total. The second-order valence-electron chi connectivity index (χ2n) is 7.55. The van der Waals surface area contributed by atoms with Gasteiger partial charge >= 0.3 is 11.3 Å². The van der Waals surface area contributed by atoms with Crippen LogP contribution in [0.25, 0.3) is 0 Å². The zero-order valence-electron chi connectivity index (χ0n) is 15.6. The van der Waals surface area contributed by atoms with Crippen molar-refractivity contribution in [2.75, 3.05) is 13.1 Å². The molecule has 1 fully saturated rings. The van der Waals surface area contributed by atoms with Crippen molar-refractivity contribution < 1.29 is 26.7 Å². The minimum atomic E-state index is -4.88. The van der Waals surface area contributed by atoms with Crippen molar-refractivity contribution in [3.63, 3.8) is 0 Å². The molecule has 7 nitrogen and oxygen atoms in total. The van der Waals surface area contributed by atoms with Gasteiger partial charge in [-0.1, -0.05) is 0 Å². The van der Waals surface area contributed by atoms with E-state index in [1.807, 2.05) is 0 Å².